The summed E-state index contributed by atoms with van der Waals surface area (Å²) in [5, 5.41) is 13.3. The number of nitrogens with one attached hydrogen (secondary N) is 1. The van der Waals surface area contributed by atoms with Crippen molar-refractivity contribution in [3.8, 4) is 5.75 Å². The lowest BCUT2D eigenvalue weighted by Gasteiger charge is -2.20. The second-order valence-electron chi connectivity index (χ2n) is 6.17. The van der Waals surface area contributed by atoms with Gasteiger partial charge in [0.2, 0.25) is 0 Å². The lowest BCUT2D eigenvalue weighted by Crippen LogP contribution is -2.26. The molecule has 3 unspecified atom stereocenters. The first-order chi connectivity index (χ1) is 9.76. The normalized spacial score (nSPS) is 26.3. The van der Waals surface area contributed by atoms with Crippen molar-refractivity contribution in [3.05, 3.63) is 29.3 Å². The Balaban J connectivity index is 1.61. The fourth-order valence-corrected chi connectivity index (χ4v) is 3.46. The van der Waals surface area contributed by atoms with E-state index >= 15 is 0 Å². The van der Waals surface area contributed by atoms with E-state index < -0.39 is 0 Å². The van der Waals surface area contributed by atoms with Crippen molar-refractivity contribution >= 4 is 0 Å². The van der Waals surface area contributed by atoms with E-state index in [9.17, 15) is 5.11 Å². The van der Waals surface area contributed by atoms with Crippen molar-refractivity contribution in [3.63, 3.8) is 0 Å². The van der Waals surface area contributed by atoms with Crippen molar-refractivity contribution in [1.82, 2.24) is 5.32 Å². The van der Waals surface area contributed by atoms with Gasteiger partial charge >= 0.3 is 0 Å². The van der Waals surface area contributed by atoms with Gasteiger partial charge in [-0.25, -0.2) is 0 Å². The van der Waals surface area contributed by atoms with Crippen LogP contribution < -0.4 is 10.1 Å². The highest BCUT2D eigenvalue weighted by atomic mass is 16.5. The van der Waals surface area contributed by atoms with Crippen LogP contribution in [0.5, 0.6) is 5.75 Å². The van der Waals surface area contributed by atoms with Gasteiger partial charge in [0.05, 0.1) is 12.7 Å². The fourth-order valence-electron chi connectivity index (χ4n) is 3.46. The molecular formula is C17H25NO2. The summed E-state index contributed by atoms with van der Waals surface area (Å²) in [4.78, 5) is 0. The number of fused-ring (bicyclic) bond motifs is 1. The minimum Gasteiger partial charge on any atom is -0.493 e. The van der Waals surface area contributed by atoms with Crippen LogP contribution in [0.25, 0.3) is 0 Å². The van der Waals surface area contributed by atoms with E-state index in [0.29, 0.717) is 12.0 Å². The zero-order valence-electron chi connectivity index (χ0n) is 12.3. The van der Waals surface area contributed by atoms with Crippen molar-refractivity contribution < 1.29 is 9.84 Å². The Morgan fingerprint density at radius 2 is 2.30 bits per heavy atom. The zero-order chi connectivity index (χ0) is 13.9. The molecule has 0 amide bonds. The Morgan fingerprint density at radius 3 is 3.05 bits per heavy atom. The van der Waals surface area contributed by atoms with E-state index in [1.54, 1.807) is 0 Å². The maximum atomic E-state index is 9.60. The maximum absolute atomic E-state index is 9.60. The molecule has 3 rings (SSSR count). The number of ether oxygens (including phenoxy) is 1. The molecule has 0 radical (unpaired) electrons. The number of aliphatic hydroxyl groups is 1. The van der Waals surface area contributed by atoms with Gasteiger partial charge in [-0.05, 0) is 55.3 Å². The average Bonchev–Trinajstić information content (AvgIpc) is 3.07. The van der Waals surface area contributed by atoms with Crippen molar-refractivity contribution in [2.24, 2.45) is 5.92 Å². The number of hydrogen-bond acceptors (Lipinski definition) is 3. The SMILES string of the molecule is CCC(NCC1CCC(O)C1)c1ccc2c(c1)CCO2. The highest BCUT2D eigenvalue weighted by Crippen LogP contribution is 2.30. The van der Waals surface area contributed by atoms with Gasteiger partial charge in [-0.1, -0.05) is 19.1 Å². The highest BCUT2D eigenvalue weighted by molar-refractivity contribution is 5.40. The van der Waals surface area contributed by atoms with Gasteiger partial charge in [0.15, 0.2) is 0 Å². The number of hydrogen-bond donors (Lipinski definition) is 2. The molecule has 2 N–H and O–H groups in total. The molecule has 1 heterocycles. The third-order valence-corrected chi connectivity index (χ3v) is 4.69. The molecule has 1 aromatic rings. The van der Waals surface area contributed by atoms with Crippen LogP contribution in [0.4, 0.5) is 0 Å². The highest BCUT2D eigenvalue weighted by Gasteiger charge is 2.23. The molecule has 0 aromatic heterocycles. The number of aliphatic hydroxyl groups excluding tert-OH is 1. The lowest BCUT2D eigenvalue weighted by molar-refractivity contribution is 0.177. The largest absolute Gasteiger partial charge is 0.493 e. The molecule has 20 heavy (non-hydrogen) atoms. The average molecular weight is 275 g/mol. The first-order valence-corrected chi connectivity index (χ1v) is 7.93. The van der Waals surface area contributed by atoms with Crippen LogP contribution in [0.15, 0.2) is 18.2 Å². The Bertz CT molecular complexity index is 460. The molecule has 0 bridgehead atoms. The molecule has 1 fully saturated rings. The fraction of sp³-hybridized carbons (Fsp3) is 0.647. The molecule has 110 valence electrons. The van der Waals surface area contributed by atoms with E-state index in [1.165, 1.54) is 11.1 Å². The third kappa shape index (κ3) is 2.99. The summed E-state index contributed by atoms with van der Waals surface area (Å²) in [5.74, 6) is 1.69. The van der Waals surface area contributed by atoms with Gasteiger partial charge in [0.25, 0.3) is 0 Å². The summed E-state index contributed by atoms with van der Waals surface area (Å²) < 4.78 is 5.57. The maximum Gasteiger partial charge on any atom is 0.122 e. The Kier molecular flexibility index (Phi) is 4.27. The molecule has 0 saturated heterocycles. The summed E-state index contributed by atoms with van der Waals surface area (Å²) in [6.07, 6.45) is 5.14. The Labute approximate surface area is 121 Å². The molecule has 1 saturated carbocycles. The van der Waals surface area contributed by atoms with Gasteiger partial charge in [-0.15, -0.1) is 0 Å². The van der Waals surface area contributed by atoms with Crippen LogP contribution in [0.3, 0.4) is 0 Å². The summed E-state index contributed by atoms with van der Waals surface area (Å²) in [7, 11) is 0. The molecule has 1 aliphatic heterocycles. The van der Waals surface area contributed by atoms with E-state index in [2.05, 4.69) is 30.4 Å². The second-order valence-corrected chi connectivity index (χ2v) is 6.17. The minimum atomic E-state index is -0.0704. The van der Waals surface area contributed by atoms with E-state index in [1.807, 2.05) is 0 Å². The van der Waals surface area contributed by atoms with E-state index in [4.69, 9.17) is 4.74 Å². The van der Waals surface area contributed by atoms with Gasteiger partial charge in [-0.2, -0.15) is 0 Å². The summed E-state index contributed by atoms with van der Waals surface area (Å²) >= 11 is 0. The molecule has 3 nitrogen and oxygen atoms in total. The van der Waals surface area contributed by atoms with Crippen LogP contribution in [0.2, 0.25) is 0 Å². The van der Waals surface area contributed by atoms with Gasteiger partial charge in [0.1, 0.15) is 5.75 Å². The molecular weight excluding hydrogens is 250 g/mol. The predicted octanol–water partition coefficient (Wildman–Crippen LogP) is 2.82. The van der Waals surface area contributed by atoms with E-state index in [0.717, 1.165) is 51.0 Å². The summed E-state index contributed by atoms with van der Waals surface area (Å²) in [6.45, 7) is 4.07. The smallest absolute Gasteiger partial charge is 0.122 e. The van der Waals surface area contributed by atoms with Gasteiger partial charge in [0, 0.05) is 12.5 Å². The van der Waals surface area contributed by atoms with Crippen molar-refractivity contribution in [2.75, 3.05) is 13.2 Å². The van der Waals surface area contributed by atoms with Crippen LogP contribution in [-0.4, -0.2) is 24.4 Å². The van der Waals surface area contributed by atoms with Crippen LogP contribution in [-0.2, 0) is 6.42 Å². The monoisotopic (exact) mass is 275 g/mol. The molecule has 0 spiro atoms. The Hall–Kier alpha value is -1.06. The molecule has 1 aromatic carbocycles. The summed E-state index contributed by atoms with van der Waals surface area (Å²) in [6, 6.07) is 7.02. The third-order valence-electron chi connectivity index (χ3n) is 4.69. The van der Waals surface area contributed by atoms with Crippen LogP contribution in [0, 0.1) is 5.92 Å². The number of rotatable bonds is 5. The summed E-state index contributed by atoms with van der Waals surface area (Å²) in [5.41, 5.74) is 2.72. The van der Waals surface area contributed by atoms with Crippen molar-refractivity contribution in [2.45, 2.75) is 51.2 Å². The van der Waals surface area contributed by atoms with Crippen molar-refractivity contribution in [1.29, 1.82) is 0 Å². The number of benzene rings is 1. The minimum absolute atomic E-state index is 0.0704. The lowest BCUT2D eigenvalue weighted by atomic mass is 9.99. The molecule has 3 heteroatoms. The predicted molar refractivity (Wildman–Crippen MR) is 80.0 cm³/mol. The topological polar surface area (TPSA) is 41.5 Å². The molecule has 1 aliphatic carbocycles. The standard InChI is InChI=1S/C17H25NO2/c1-2-16(18-11-12-3-5-15(19)9-12)13-4-6-17-14(10-13)7-8-20-17/h4,6,10,12,15-16,18-19H,2-3,5,7-9,11H2,1H3. The zero-order valence-corrected chi connectivity index (χ0v) is 12.3. The van der Waals surface area contributed by atoms with Crippen LogP contribution in [0.1, 0.15) is 49.8 Å². The molecule has 2 aliphatic rings. The molecule has 3 atom stereocenters. The van der Waals surface area contributed by atoms with E-state index in [-0.39, 0.29) is 6.10 Å². The second kappa shape index (κ2) is 6.15. The quantitative estimate of drug-likeness (QED) is 0.868. The Morgan fingerprint density at radius 1 is 1.40 bits per heavy atom. The van der Waals surface area contributed by atoms with Gasteiger partial charge in [-0.3, -0.25) is 0 Å². The first-order valence-electron chi connectivity index (χ1n) is 7.93. The van der Waals surface area contributed by atoms with Gasteiger partial charge < -0.3 is 15.2 Å². The first kappa shape index (κ1) is 13.9. The van der Waals surface area contributed by atoms with Crippen LogP contribution >= 0.6 is 0 Å².